The summed E-state index contributed by atoms with van der Waals surface area (Å²) < 4.78 is 17.4. The van der Waals surface area contributed by atoms with Gasteiger partial charge in [-0.2, -0.15) is 0 Å². The van der Waals surface area contributed by atoms with Crippen LogP contribution in [0.1, 0.15) is 0 Å². The lowest BCUT2D eigenvalue weighted by Crippen LogP contribution is -2.04. The normalized spacial score (nSPS) is 10.4. The van der Waals surface area contributed by atoms with Gasteiger partial charge in [0.2, 0.25) is 0 Å². The Bertz CT molecular complexity index is 573. The van der Waals surface area contributed by atoms with Gasteiger partial charge in [-0.15, -0.1) is 0 Å². The summed E-state index contributed by atoms with van der Waals surface area (Å²) >= 11 is 5.86. The zero-order chi connectivity index (χ0) is 11.7. The van der Waals surface area contributed by atoms with Gasteiger partial charge in [0.05, 0.1) is 16.7 Å². The molecule has 0 aliphatic rings. The fourth-order valence-corrected chi connectivity index (χ4v) is 1.52. The minimum absolute atomic E-state index is 0.0203. The van der Waals surface area contributed by atoms with Crippen LogP contribution < -0.4 is 4.74 Å². The van der Waals surface area contributed by atoms with E-state index in [1.165, 1.54) is 24.4 Å². The van der Waals surface area contributed by atoms with E-state index in [4.69, 9.17) is 16.7 Å². The Morgan fingerprint density at radius 2 is 2.25 bits per heavy atom. The van der Waals surface area contributed by atoms with Crippen LogP contribution in [0.5, 0.6) is 5.75 Å². The van der Waals surface area contributed by atoms with E-state index >= 15 is 0 Å². The smallest absolute Gasteiger partial charge is 0.449 e. The van der Waals surface area contributed by atoms with Crippen molar-refractivity contribution < 1.29 is 19.0 Å². The molecule has 4 nitrogen and oxygen atoms in total. The van der Waals surface area contributed by atoms with E-state index in [0.717, 1.165) is 0 Å². The summed E-state index contributed by atoms with van der Waals surface area (Å²) in [5.41, 5.74) is 0.462. The molecule has 0 bridgehead atoms. The van der Waals surface area contributed by atoms with Crippen LogP contribution in [0.4, 0.5) is 9.18 Å². The molecule has 6 heteroatoms. The van der Waals surface area contributed by atoms with Gasteiger partial charge in [0, 0.05) is 5.39 Å². The number of rotatable bonds is 1. The Morgan fingerprint density at radius 1 is 1.50 bits per heavy atom. The predicted molar refractivity (Wildman–Crippen MR) is 55.4 cm³/mol. The second-order valence-electron chi connectivity index (χ2n) is 2.97. The predicted octanol–water partition coefficient (Wildman–Crippen LogP) is 3.08. The van der Waals surface area contributed by atoms with E-state index in [-0.39, 0.29) is 10.8 Å². The maximum atomic E-state index is 13.0. The van der Waals surface area contributed by atoms with Crippen molar-refractivity contribution in [1.29, 1.82) is 0 Å². The van der Waals surface area contributed by atoms with Gasteiger partial charge >= 0.3 is 6.16 Å². The second kappa shape index (κ2) is 3.94. The van der Waals surface area contributed by atoms with Gasteiger partial charge in [-0.1, -0.05) is 11.6 Å². The van der Waals surface area contributed by atoms with Crippen molar-refractivity contribution in [3.63, 3.8) is 0 Å². The molecule has 0 aliphatic heterocycles. The van der Waals surface area contributed by atoms with E-state index < -0.39 is 12.0 Å². The maximum Gasteiger partial charge on any atom is 0.511 e. The first-order chi connectivity index (χ1) is 7.58. The summed E-state index contributed by atoms with van der Waals surface area (Å²) in [5.74, 6) is -0.601. The van der Waals surface area contributed by atoms with Crippen molar-refractivity contribution in [2.45, 2.75) is 0 Å². The third-order valence-electron chi connectivity index (χ3n) is 1.93. The number of fused-ring (bicyclic) bond motifs is 1. The molecular weight excluding hydrogens is 237 g/mol. The van der Waals surface area contributed by atoms with E-state index in [1.807, 2.05) is 0 Å². The Kier molecular flexibility index (Phi) is 2.62. The number of carbonyl (C=O) groups is 1. The Hall–Kier alpha value is -1.88. The van der Waals surface area contributed by atoms with Gasteiger partial charge < -0.3 is 9.84 Å². The molecule has 1 aromatic carbocycles. The zero-order valence-corrected chi connectivity index (χ0v) is 8.53. The fraction of sp³-hybridized carbons (Fsp3) is 0. The van der Waals surface area contributed by atoms with Crippen LogP contribution in [-0.2, 0) is 0 Å². The maximum absolute atomic E-state index is 13.0. The van der Waals surface area contributed by atoms with Crippen LogP contribution in [0.15, 0.2) is 24.4 Å². The molecule has 0 saturated heterocycles. The highest BCUT2D eigenvalue weighted by Crippen LogP contribution is 2.31. The van der Waals surface area contributed by atoms with Crippen molar-refractivity contribution in [2.75, 3.05) is 0 Å². The molecule has 0 atom stereocenters. The lowest BCUT2D eigenvalue weighted by Gasteiger charge is -2.05. The van der Waals surface area contributed by atoms with Gasteiger partial charge in [-0.05, 0) is 18.2 Å². The van der Waals surface area contributed by atoms with Gasteiger partial charge in [0.25, 0.3) is 0 Å². The molecule has 1 heterocycles. The Labute approximate surface area is 94.2 Å². The molecule has 0 spiro atoms. The number of benzene rings is 1. The van der Waals surface area contributed by atoms with Crippen LogP contribution >= 0.6 is 11.6 Å². The number of nitrogens with zero attached hydrogens (tertiary/aromatic N) is 1. The lowest BCUT2D eigenvalue weighted by atomic mass is 10.2. The lowest BCUT2D eigenvalue weighted by molar-refractivity contribution is 0.144. The van der Waals surface area contributed by atoms with Gasteiger partial charge in [-0.25, -0.2) is 9.18 Å². The highest BCUT2D eigenvalue weighted by Gasteiger charge is 2.11. The summed E-state index contributed by atoms with van der Waals surface area (Å²) in [6.45, 7) is 0. The van der Waals surface area contributed by atoms with Crippen LogP contribution in [-0.4, -0.2) is 16.2 Å². The van der Waals surface area contributed by atoms with E-state index in [9.17, 15) is 9.18 Å². The van der Waals surface area contributed by atoms with E-state index in [1.54, 1.807) is 0 Å². The molecule has 16 heavy (non-hydrogen) atoms. The number of carboxylic acid groups (broad SMARTS) is 1. The SMILES string of the molecule is O=C(O)Oc1cnc2ccc(F)cc2c1Cl. The van der Waals surface area contributed by atoms with E-state index in [2.05, 4.69) is 9.72 Å². The quantitative estimate of drug-likeness (QED) is 0.780. The molecule has 0 aliphatic carbocycles. The van der Waals surface area contributed by atoms with Crippen molar-refractivity contribution in [2.24, 2.45) is 0 Å². The zero-order valence-electron chi connectivity index (χ0n) is 7.78. The standard InChI is InChI=1S/C10H5ClFNO3/c11-9-6-3-5(12)1-2-7(6)13-4-8(9)16-10(14)15/h1-4H,(H,14,15). The third-order valence-corrected chi connectivity index (χ3v) is 2.32. The molecule has 2 aromatic rings. The van der Waals surface area contributed by atoms with Crippen molar-refractivity contribution in [3.05, 3.63) is 35.2 Å². The molecule has 0 radical (unpaired) electrons. The van der Waals surface area contributed by atoms with Gasteiger partial charge in [-0.3, -0.25) is 4.98 Å². The van der Waals surface area contributed by atoms with Gasteiger partial charge in [0.15, 0.2) is 5.75 Å². The molecular formula is C10H5ClFNO3. The van der Waals surface area contributed by atoms with Crippen molar-refractivity contribution in [3.8, 4) is 5.75 Å². The molecule has 0 fully saturated rings. The summed E-state index contributed by atoms with van der Waals surface area (Å²) in [5, 5.41) is 8.76. The number of pyridine rings is 1. The highest BCUT2D eigenvalue weighted by molar-refractivity contribution is 6.36. The Balaban J connectivity index is 2.63. The molecule has 2 rings (SSSR count). The minimum atomic E-state index is -1.50. The second-order valence-corrected chi connectivity index (χ2v) is 3.34. The first kappa shape index (κ1) is 10.6. The molecule has 0 unspecified atom stereocenters. The summed E-state index contributed by atoms with van der Waals surface area (Å²) in [6, 6.07) is 3.85. The topological polar surface area (TPSA) is 59.4 Å². The molecule has 0 amide bonds. The number of ether oxygens (including phenoxy) is 1. The number of aromatic nitrogens is 1. The molecule has 0 saturated carbocycles. The summed E-state index contributed by atoms with van der Waals surface area (Å²) in [4.78, 5) is 14.2. The van der Waals surface area contributed by atoms with Crippen LogP contribution in [0, 0.1) is 5.82 Å². The molecule has 1 N–H and O–H groups in total. The van der Waals surface area contributed by atoms with Crippen LogP contribution in [0.2, 0.25) is 5.02 Å². The Morgan fingerprint density at radius 3 is 2.94 bits per heavy atom. The minimum Gasteiger partial charge on any atom is -0.449 e. The van der Waals surface area contributed by atoms with Crippen molar-refractivity contribution in [1.82, 2.24) is 4.98 Å². The summed E-state index contributed by atoms with van der Waals surface area (Å²) in [6.07, 6.45) is -0.323. The fourth-order valence-electron chi connectivity index (χ4n) is 1.28. The third kappa shape index (κ3) is 1.90. The molecule has 1 aromatic heterocycles. The largest absolute Gasteiger partial charge is 0.511 e. The number of hydrogen-bond donors (Lipinski definition) is 1. The summed E-state index contributed by atoms with van der Waals surface area (Å²) in [7, 11) is 0. The van der Waals surface area contributed by atoms with Crippen LogP contribution in [0.25, 0.3) is 10.9 Å². The van der Waals surface area contributed by atoms with Crippen LogP contribution in [0.3, 0.4) is 0 Å². The van der Waals surface area contributed by atoms with Crippen molar-refractivity contribution >= 4 is 28.7 Å². The van der Waals surface area contributed by atoms with Gasteiger partial charge in [0.1, 0.15) is 5.82 Å². The highest BCUT2D eigenvalue weighted by atomic mass is 35.5. The first-order valence-electron chi connectivity index (χ1n) is 4.22. The number of halogens is 2. The first-order valence-corrected chi connectivity index (χ1v) is 4.60. The average molecular weight is 242 g/mol. The monoisotopic (exact) mass is 241 g/mol. The number of hydrogen-bond acceptors (Lipinski definition) is 3. The average Bonchev–Trinajstić information content (AvgIpc) is 2.22. The molecule has 82 valence electrons. The van der Waals surface area contributed by atoms with E-state index in [0.29, 0.717) is 10.9 Å².